The molecule has 230 valence electrons. The highest BCUT2D eigenvalue weighted by Gasteiger charge is 2.46. The van der Waals surface area contributed by atoms with E-state index in [4.69, 9.17) is 14.2 Å². The lowest BCUT2D eigenvalue weighted by Gasteiger charge is -2.33. The van der Waals surface area contributed by atoms with Gasteiger partial charge in [-0.2, -0.15) is 0 Å². The maximum absolute atomic E-state index is 14.0. The van der Waals surface area contributed by atoms with Gasteiger partial charge in [0.1, 0.15) is 19.3 Å². The lowest BCUT2D eigenvalue weighted by molar-refractivity contribution is -0.161. The van der Waals surface area contributed by atoms with Gasteiger partial charge in [-0.15, -0.1) is 0 Å². The predicted octanol–water partition coefficient (Wildman–Crippen LogP) is 5.27. The fourth-order valence-electron chi connectivity index (χ4n) is 5.88. The molecule has 3 aromatic carbocycles. The fourth-order valence-corrected chi connectivity index (χ4v) is 5.88. The van der Waals surface area contributed by atoms with Crippen molar-refractivity contribution in [3.05, 3.63) is 95.6 Å². The summed E-state index contributed by atoms with van der Waals surface area (Å²) in [6.07, 6.45) is -1.13. The second kappa shape index (κ2) is 13.6. The molecule has 10 nitrogen and oxygen atoms in total. The molecule has 3 aromatic rings. The first-order chi connectivity index (χ1) is 21.3. The Bertz CT molecular complexity index is 1460. The average Bonchev–Trinajstić information content (AvgIpc) is 3.62. The van der Waals surface area contributed by atoms with Gasteiger partial charge in [0.05, 0.1) is 7.11 Å². The Kier molecular flexibility index (Phi) is 9.47. The number of alkyl carbamates (subject to hydrolysis) is 1. The van der Waals surface area contributed by atoms with Crippen LogP contribution in [0.4, 0.5) is 9.59 Å². The van der Waals surface area contributed by atoms with Crippen molar-refractivity contribution < 1.29 is 33.4 Å². The SMILES string of the molecule is COC(=O)[C@@H]1CCN(C(=O)OCc2ccccc2)N1C(=O)[C@H](CC(C)C)NC(=O)OCC1c2ccccc2-c2ccccc21. The van der Waals surface area contributed by atoms with E-state index < -0.39 is 36.1 Å². The third kappa shape index (κ3) is 6.54. The third-order valence-electron chi connectivity index (χ3n) is 7.93. The van der Waals surface area contributed by atoms with Crippen LogP contribution in [0.5, 0.6) is 0 Å². The molecule has 0 aromatic heterocycles. The number of hydrogen-bond donors (Lipinski definition) is 1. The Hall–Kier alpha value is -4.86. The van der Waals surface area contributed by atoms with Crippen LogP contribution in [-0.2, 0) is 30.4 Å². The van der Waals surface area contributed by atoms with Crippen molar-refractivity contribution in [3.8, 4) is 11.1 Å². The normalized spacial score (nSPS) is 16.2. The zero-order valence-electron chi connectivity index (χ0n) is 25.1. The maximum atomic E-state index is 14.0. The quantitative estimate of drug-likeness (QED) is 0.263. The molecule has 1 N–H and O–H groups in total. The van der Waals surface area contributed by atoms with Gasteiger partial charge in [0.25, 0.3) is 5.91 Å². The van der Waals surface area contributed by atoms with Crippen LogP contribution in [0.15, 0.2) is 78.9 Å². The second-order valence-corrected chi connectivity index (χ2v) is 11.3. The van der Waals surface area contributed by atoms with E-state index in [1.165, 1.54) is 7.11 Å². The van der Waals surface area contributed by atoms with Crippen molar-refractivity contribution in [1.82, 2.24) is 15.3 Å². The lowest BCUT2D eigenvalue weighted by atomic mass is 9.98. The van der Waals surface area contributed by atoms with Crippen LogP contribution in [0, 0.1) is 5.92 Å². The molecule has 10 heteroatoms. The van der Waals surface area contributed by atoms with Gasteiger partial charge in [0.2, 0.25) is 0 Å². The lowest BCUT2D eigenvalue weighted by Crippen LogP contribution is -2.57. The topological polar surface area (TPSA) is 114 Å². The smallest absolute Gasteiger partial charge is 0.429 e. The number of fused-ring (bicyclic) bond motifs is 3. The number of rotatable bonds is 9. The number of benzene rings is 3. The van der Waals surface area contributed by atoms with E-state index in [-0.39, 0.29) is 44.4 Å². The average molecular weight is 600 g/mol. The first kappa shape index (κ1) is 30.6. The van der Waals surface area contributed by atoms with E-state index in [1.54, 1.807) is 0 Å². The molecular weight excluding hydrogens is 562 g/mol. The van der Waals surface area contributed by atoms with Gasteiger partial charge in [-0.05, 0) is 40.2 Å². The van der Waals surface area contributed by atoms with Crippen LogP contribution in [0.1, 0.15) is 49.3 Å². The number of amides is 3. The van der Waals surface area contributed by atoms with E-state index in [1.807, 2.05) is 80.6 Å². The minimum atomic E-state index is -1.07. The maximum Gasteiger partial charge on any atom is 0.429 e. The van der Waals surface area contributed by atoms with Gasteiger partial charge in [-0.25, -0.2) is 24.4 Å². The minimum absolute atomic E-state index is 0.00417. The summed E-state index contributed by atoms with van der Waals surface area (Å²) in [6.45, 7) is 3.96. The molecule has 1 saturated heterocycles. The van der Waals surface area contributed by atoms with Crippen LogP contribution in [0.2, 0.25) is 0 Å². The van der Waals surface area contributed by atoms with Crippen molar-refractivity contribution in [2.45, 2.75) is 51.3 Å². The number of hydrazine groups is 1. The van der Waals surface area contributed by atoms with Crippen molar-refractivity contribution in [2.24, 2.45) is 5.92 Å². The Labute approximate surface area is 256 Å². The number of esters is 1. The van der Waals surface area contributed by atoms with Crippen molar-refractivity contribution in [2.75, 3.05) is 20.3 Å². The molecule has 2 aliphatic rings. The number of nitrogens with one attached hydrogen (secondary N) is 1. The second-order valence-electron chi connectivity index (χ2n) is 11.3. The summed E-state index contributed by atoms with van der Waals surface area (Å²) in [6, 6.07) is 23.1. The molecule has 3 amide bonds. The summed E-state index contributed by atoms with van der Waals surface area (Å²) in [5, 5.41) is 4.88. The zero-order chi connectivity index (χ0) is 31.2. The first-order valence-electron chi connectivity index (χ1n) is 14.8. The Morgan fingerprint density at radius 2 is 1.48 bits per heavy atom. The first-order valence-corrected chi connectivity index (χ1v) is 14.8. The van der Waals surface area contributed by atoms with Gasteiger partial charge in [0, 0.05) is 18.9 Å². The van der Waals surface area contributed by atoms with Crippen molar-refractivity contribution >= 4 is 24.1 Å². The third-order valence-corrected chi connectivity index (χ3v) is 7.93. The molecule has 0 saturated carbocycles. The van der Waals surface area contributed by atoms with Crippen LogP contribution >= 0.6 is 0 Å². The molecule has 5 rings (SSSR count). The van der Waals surface area contributed by atoms with Gasteiger partial charge in [0.15, 0.2) is 6.04 Å². The molecule has 1 fully saturated rings. The number of methoxy groups -OCH3 is 1. The molecule has 0 unspecified atom stereocenters. The molecule has 0 spiro atoms. The molecule has 1 heterocycles. The standard InChI is InChI=1S/C34H37N3O7/c1-22(2)19-29(35-33(40)43-21-28-26-15-9-7-13-24(26)25-14-8-10-16-27(25)28)31(38)37-30(32(39)42-3)17-18-36(37)34(41)44-20-23-11-5-4-6-12-23/h4-16,22,28-30H,17-21H2,1-3H3,(H,35,40)/t29-,30-/m0/s1. The number of hydrogen-bond acceptors (Lipinski definition) is 7. The molecule has 2 atom stereocenters. The number of carbonyl (C=O) groups excluding carboxylic acids is 4. The van der Waals surface area contributed by atoms with E-state index in [0.29, 0.717) is 0 Å². The van der Waals surface area contributed by atoms with E-state index >= 15 is 0 Å². The molecule has 1 aliphatic heterocycles. The predicted molar refractivity (Wildman–Crippen MR) is 162 cm³/mol. The molecule has 0 bridgehead atoms. The Morgan fingerprint density at radius 3 is 2.09 bits per heavy atom. The summed E-state index contributed by atoms with van der Waals surface area (Å²) >= 11 is 0. The number of nitrogens with zero attached hydrogens (tertiary/aromatic N) is 2. The zero-order valence-corrected chi connectivity index (χ0v) is 25.1. The highest BCUT2D eigenvalue weighted by molar-refractivity contribution is 5.91. The van der Waals surface area contributed by atoms with Crippen LogP contribution in [0.25, 0.3) is 11.1 Å². The van der Waals surface area contributed by atoms with Crippen molar-refractivity contribution in [3.63, 3.8) is 0 Å². The summed E-state index contributed by atoms with van der Waals surface area (Å²) in [5.41, 5.74) is 5.12. The van der Waals surface area contributed by atoms with Crippen LogP contribution < -0.4 is 5.32 Å². The highest BCUT2D eigenvalue weighted by atomic mass is 16.6. The van der Waals surface area contributed by atoms with E-state index in [0.717, 1.165) is 37.8 Å². The summed E-state index contributed by atoms with van der Waals surface area (Å²) in [7, 11) is 1.22. The summed E-state index contributed by atoms with van der Waals surface area (Å²) in [4.78, 5) is 53.0. The monoisotopic (exact) mass is 599 g/mol. The molecule has 0 radical (unpaired) electrons. The highest BCUT2D eigenvalue weighted by Crippen LogP contribution is 2.44. The van der Waals surface area contributed by atoms with Gasteiger partial charge in [-0.1, -0.05) is 92.7 Å². The summed E-state index contributed by atoms with van der Waals surface area (Å²) < 4.78 is 16.1. The van der Waals surface area contributed by atoms with Gasteiger partial charge in [-0.3, -0.25) is 4.79 Å². The minimum Gasteiger partial charge on any atom is -0.467 e. The molecule has 44 heavy (non-hydrogen) atoms. The number of ether oxygens (including phenoxy) is 3. The van der Waals surface area contributed by atoms with E-state index in [9.17, 15) is 19.2 Å². The van der Waals surface area contributed by atoms with Crippen molar-refractivity contribution in [1.29, 1.82) is 0 Å². The van der Waals surface area contributed by atoms with Gasteiger partial charge >= 0.3 is 18.2 Å². The van der Waals surface area contributed by atoms with Crippen LogP contribution in [-0.4, -0.2) is 66.4 Å². The molecule has 1 aliphatic carbocycles. The summed E-state index contributed by atoms with van der Waals surface area (Å²) in [5.74, 6) is -1.45. The van der Waals surface area contributed by atoms with E-state index in [2.05, 4.69) is 17.4 Å². The fraction of sp³-hybridized carbons (Fsp3) is 0.353. The van der Waals surface area contributed by atoms with Gasteiger partial charge < -0.3 is 19.5 Å². The Morgan fingerprint density at radius 1 is 0.864 bits per heavy atom. The Balaban J connectivity index is 1.30. The molecular formula is C34H37N3O7. The van der Waals surface area contributed by atoms with Crippen LogP contribution in [0.3, 0.4) is 0 Å². The largest absolute Gasteiger partial charge is 0.467 e. The number of carbonyl (C=O) groups is 4.